The predicted molar refractivity (Wildman–Crippen MR) is 69.1 cm³/mol. The molecule has 0 amide bonds. The second-order valence-corrected chi connectivity index (χ2v) is 4.16. The summed E-state index contributed by atoms with van der Waals surface area (Å²) in [4.78, 5) is 12.1. The van der Waals surface area contributed by atoms with Crippen LogP contribution in [-0.2, 0) is 0 Å². The summed E-state index contributed by atoms with van der Waals surface area (Å²) in [5.41, 5.74) is 0.824. The molecule has 0 fully saturated rings. The molecule has 2 aromatic carbocycles. The summed E-state index contributed by atoms with van der Waals surface area (Å²) in [6.07, 6.45) is 1.60. The van der Waals surface area contributed by atoms with Gasteiger partial charge in [-0.1, -0.05) is 30.3 Å². The molecule has 0 atom stereocenters. The normalized spacial score (nSPS) is 15.4. The molecule has 0 radical (unpaired) electrons. The van der Waals surface area contributed by atoms with E-state index in [2.05, 4.69) is 0 Å². The highest BCUT2D eigenvalue weighted by Crippen LogP contribution is 2.42. The van der Waals surface area contributed by atoms with Crippen LogP contribution in [0.5, 0.6) is 17.2 Å². The van der Waals surface area contributed by atoms with Crippen molar-refractivity contribution in [3.05, 3.63) is 59.4 Å². The molecule has 19 heavy (non-hydrogen) atoms. The van der Waals surface area contributed by atoms with E-state index in [0.717, 1.165) is 5.56 Å². The van der Waals surface area contributed by atoms with Crippen molar-refractivity contribution in [2.45, 2.75) is 0 Å². The molecule has 4 heteroatoms. The topological polar surface area (TPSA) is 66.8 Å². The second kappa shape index (κ2) is 4.17. The van der Waals surface area contributed by atoms with Crippen LogP contribution in [0.1, 0.15) is 15.9 Å². The summed E-state index contributed by atoms with van der Waals surface area (Å²) < 4.78 is 5.40. The summed E-state index contributed by atoms with van der Waals surface area (Å²) in [6, 6.07) is 12.0. The largest absolute Gasteiger partial charge is 0.504 e. The number of ketones is 1. The van der Waals surface area contributed by atoms with Crippen LogP contribution in [0.25, 0.3) is 6.08 Å². The highest BCUT2D eigenvalue weighted by molar-refractivity contribution is 6.16. The van der Waals surface area contributed by atoms with Gasteiger partial charge in [-0.05, 0) is 23.8 Å². The Morgan fingerprint density at radius 3 is 2.47 bits per heavy atom. The molecule has 2 aromatic rings. The van der Waals surface area contributed by atoms with Crippen molar-refractivity contribution in [1.29, 1.82) is 0 Å². The van der Waals surface area contributed by atoms with Crippen LogP contribution < -0.4 is 4.74 Å². The van der Waals surface area contributed by atoms with Crippen molar-refractivity contribution in [3.63, 3.8) is 0 Å². The molecule has 0 aromatic heterocycles. The number of carbonyl (C=O) groups excluding carboxylic acids is 1. The first-order valence-electron chi connectivity index (χ1n) is 5.71. The van der Waals surface area contributed by atoms with Gasteiger partial charge in [0, 0.05) is 0 Å². The molecule has 0 bridgehead atoms. The number of benzene rings is 2. The molecule has 0 saturated carbocycles. The quantitative estimate of drug-likeness (QED) is 0.606. The number of Topliss-reactive ketones (excluding diaryl/α,β-unsaturated/α-hetero) is 1. The zero-order valence-electron chi connectivity index (χ0n) is 9.83. The second-order valence-electron chi connectivity index (χ2n) is 4.16. The molecule has 94 valence electrons. The van der Waals surface area contributed by atoms with Crippen LogP contribution in [0.2, 0.25) is 0 Å². The number of phenols is 2. The minimum atomic E-state index is -0.445. The predicted octanol–water partition coefficient (Wildman–Crippen LogP) is 2.71. The van der Waals surface area contributed by atoms with Gasteiger partial charge >= 0.3 is 0 Å². The monoisotopic (exact) mass is 254 g/mol. The Hall–Kier alpha value is -2.75. The van der Waals surface area contributed by atoms with Gasteiger partial charge in [-0.3, -0.25) is 4.79 Å². The molecule has 0 aliphatic carbocycles. The minimum Gasteiger partial charge on any atom is -0.504 e. The van der Waals surface area contributed by atoms with E-state index in [1.165, 1.54) is 12.1 Å². The number of hydrogen-bond acceptors (Lipinski definition) is 4. The summed E-state index contributed by atoms with van der Waals surface area (Å²) in [6.45, 7) is 0. The Bertz CT molecular complexity index is 687. The van der Waals surface area contributed by atoms with Gasteiger partial charge < -0.3 is 14.9 Å². The highest BCUT2D eigenvalue weighted by atomic mass is 16.5. The summed E-state index contributed by atoms with van der Waals surface area (Å²) >= 11 is 0. The zero-order chi connectivity index (χ0) is 13.4. The summed E-state index contributed by atoms with van der Waals surface area (Å²) in [7, 11) is 0. The van der Waals surface area contributed by atoms with Crippen LogP contribution in [0.15, 0.2) is 48.2 Å². The van der Waals surface area contributed by atoms with Gasteiger partial charge in [-0.25, -0.2) is 0 Å². The Kier molecular flexibility index (Phi) is 2.49. The lowest BCUT2D eigenvalue weighted by Gasteiger charge is -2.00. The smallest absolute Gasteiger partial charge is 0.235 e. The Morgan fingerprint density at radius 2 is 1.74 bits per heavy atom. The molecule has 0 saturated heterocycles. The van der Waals surface area contributed by atoms with Crippen LogP contribution in [0, 0.1) is 0 Å². The van der Waals surface area contributed by atoms with E-state index in [-0.39, 0.29) is 22.8 Å². The van der Waals surface area contributed by atoms with E-state index in [9.17, 15) is 15.0 Å². The molecule has 3 rings (SSSR count). The maximum atomic E-state index is 12.1. The lowest BCUT2D eigenvalue weighted by Crippen LogP contribution is -1.98. The van der Waals surface area contributed by atoms with Crippen molar-refractivity contribution < 1.29 is 19.7 Å². The van der Waals surface area contributed by atoms with E-state index in [0.29, 0.717) is 0 Å². The number of rotatable bonds is 1. The van der Waals surface area contributed by atoms with Crippen LogP contribution in [0.3, 0.4) is 0 Å². The number of ether oxygens (including phenoxy) is 1. The zero-order valence-corrected chi connectivity index (χ0v) is 9.83. The number of allylic oxidation sites excluding steroid dienone is 1. The van der Waals surface area contributed by atoms with Gasteiger partial charge in [0.1, 0.15) is 11.3 Å². The first-order valence-corrected chi connectivity index (χ1v) is 5.71. The van der Waals surface area contributed by atoms with Gasteiger partial charge in [0.2, 0.25) is 5.78 Å². The Morgan fingerprint density at radius 1 is 1.00 bits per heavy atom. The maximum absolute atomic E-state index is 12.1. The minimum absolute atomic E-state index is 0.00202. The van der Waals surface area contributed by atoms with Crippen LogP contribution in [0.4, 0.5) is 0 Å². The summed E-state index contributed by atoms with van der Waals surface area (Å²) in [5.74, 6) is -0.840. The fourth-order valence-electron chi connectivity index (χ4n) is 1.95. The average molecular weight is 254 g/mol. The number of aromatic hydroxyl groups is 2. The number of carbonyl (C=O) groups is 1. The molecule has 2 N–H and O–H groups in total. The Labute approximate surface area is 109 Å². The number of hydrogen-bond donors (Lipinski definition) is 2. The van der Waals surface area contributed by atoms with Gasteiger partial charge in [0.15, 0.2) is 17.3 Å². The molecule has 1 aliphatic heterocycles. The van der Waals surface area contributed by atoms with Crippen LogP contribution >= 0.6 is 0 Å². The Balaban J connectivity index is 2.05. The van der Waals surface area contributed by atoms with Gasteiger partial charge in [-0.2, -0.15) is 0 Å². The van der Waals surface area contributed by atoms with Crippen molar-refractivity contribution in [1.82, 2.24) is 0 Å². The third kappa shape index (κ3) is 1.83. The standard InChI is InChI=1S/C15H10O4/c16-10-6-7-11-13(14(10)17)15(18)12(19-11)8-9-4-2-1-3-5-9/h1-8,16-17H/b12-8-. The summed E-state index contributed by atoms with van der Waals surface area (Å²) in [5, 5.41) is 19.1. The molecule has 1 aliphatic rings. The molecular formula is C15H10O4. The van der Waals surface area contributed by atoms with E-state index in [4.69, 9.17) is 4.74 Å². The number of phenolic OH excluding ortho intramolecular Hbond substituents is 2. The third-order valence-corrected chi connectivity index (χ3v) is 2.89. The fraction of sp³-hybridized carbons (Fsp3) is 0. The van der Waals surface area contributed by atoms with Crippen molar-refractivity contribution in [2.75, 3.05) is 0 Å². The average Bonchev–Trinajstić information content (AvgIpc) is 2.73. The van der Waals surface area contributed by atoms with Crippen molar-refractivity contribution in [3.8, 4) is 17.2 Å². The van der Waals surface area contributed by atoms with Gasteiger partial charge in [0.25, 0.3) is 0 Å². The molecular weight excluding hydrogens is 244 g/mol. The van der Waals surface area contributed by atoms with E-state index < -0.39 is 11.5 Å². The molecule has 0 unspecified atom stereocenters. The van der Waals surface area contributed by atoms with E-state index in [1.54, 1.807) is 6.08 Å². The third-order valence-electron chi connectivity index (χ3n) is 2.89. The molecule has 1 heterocycles. The maximum Gasteiger partial charge on any atom is 0.235 e. The fourth-order valence-corrected chi connectivity index (χ4v) is 1.95. The van der Waals surface area contributed by atoms with Gasteiger partial charge in [-0.15, -0.1) is 0 Å². The van der Waals surface area contributed by atoms with Crippen LogP contribution in [-0.4, -0.2) is 16.0 Å². The molecule has 4 nitrogen and oxygen atoms in total. The van der Waals surface area contributed by atoms with Crippen molar-refractivity contribution >= 4 is 11.9 Å². The highest BCUT2D eigenvalue weighted by Gasteiger charge is 2.31. The van der Waals surface area contributed by atoms with Crippen molar-refractivity contribution in [2.24, 2.45) is 0 Å². The SMILES string of the molecule is O=C1/C(=C/c2ccccc2)Oc2ccc(O)c(O)c21. The van der Waals surface area contributed by atoms with E-state index >= 15 is 0 Å². The number of fused-ring (bicyclic) bond motifs is 1. The lowest BCUT2D eigenvalue weighted by atomic mass is 10.1. The van der Waals surface area contributed by atoms with Gasteiger partial charge in [0.05, 0.1) is 0 Å². The van der Waals surface area contributed by atoms with E-state index in [1.807, 2.05) is 30.3 Å². The molecule has 0 spiro atoms. The lowest BCUT2D eigenvalue weighted by molar-refractivity contribution is 0.101. The first-order chi connectivity index (χ1) is 9.16. The first kappa shape index (κ1) is 11.3.